The van der Waals surface area contributed by atoms with Gasteiger partial charge < -0.3 is 16.0 Å². The fourth-order valence-corrected chi connectivity index (χ4v) is 2.61. The van der Waals surface area contributed by atoms with Crippen molar-refractivity contribution < 1.29 is 4.79 Å². The molecular weight excluding hydrogens is 240 g/mol. The van der Waals surface area contributed by atoms with Gasteiger partial charge in [0.05, 0.1) is 17.6 Å². The zero-order valence-electron chi connectivity index (χ0n) is 11.0. The highest BCUT2D eigenvalue weighted by Crippen LogP contribution is 2.33. The van der Waals surface area contributed by atoms with E-state index in [1.165, 1.54) is 0 Å². The summed E-state index contributed by atoms with van der Waals surface area (Å²) in [5.74, 6) is 1.23. The van der Waals surface area contributed by atoms with E-state index in [1.54, 1.807) is 12.4 Å². The summed E-state index contributed by atoms with van der Waals surface area (Å²) >= 11 is 0. The smallest absolute Gasteiger partial charge is 0.225 e. The summed E-state index contributed by atoms with van der Waals surface area (Å²) in [6, 6.07) is 1.89. The van der Waals surface area contributed by atoms with Gasteiger partial charge >= 0.3 is 0 Å². The molecule has 0 bridgehead atoms. The number of rotatable bonds is 4. The highest BCUT2D eigenvalue weighted by atomic mass is 16.2. The summed E-state index contributed by atoms with van der Waals surface area (Å²) in [5.41, 5.74) is 7.44. The Balaban J connectivity index is 1.49. The van der Waals surface area contributed by atoms with Gasteiger partial charge in [-0.2, -0.15) is 0 Å². The first-order valence-corrected chi connectivity index (χ1v) is 6.96. The van der Waals surface area contributed by atoms with Gasteiger partial charge in [0, 0.05) is 31.7 Å². The van der Waals surface area contributed by atoms with E-state index < -0.39 is 0 Å². The summed E-state index contributed by atoms with van der Waals surface area (Å²) in [6.45, 7) is 2.66. The van der Waals surface area contributed by atoms with E-state index in [1.807, 2.05) is 11.0 Å². The molecule has 0 unspecified atom stereocenters. The van der Waals surface area contributed by atoms with Crippen LogP contribution in [-0.4, -0.2) is 35.4 Å². The molecule has 1 amide bonds. The third-order valence-corrected chi connectivity index (χ3v) is 3.96. The molecule has 1 saturated carbocycles. The number of nitrogen functional groups attached to an aromatic ring is 1. The summed E-state index contributed by atoms with van der Waals surface area (Å²) < 4.78 is 0. The van der Waals surface area contributed by atoms with Crippen LogP contribution in [0, 0.1) is 11.8 Å². The molecule has 2 aliphatic rings. The zero-order chi connectivity index (χ0) is 13.2. The number of nitrogens with zero attached hydrogens (tertiary/aromatic N) is 2. The van der Waals surface area contributed by atoms with Gasteiger partial charge in [-0.25, -0.2) is 0 Å². The number of hydrogen-bond acceptors (Lipinski definition) is 4. The molecule has 1 aliphatic carbocycles. The fourth-order valence-electron chi connectivity index (χ4n) is 2.61. The molecule has 0 radical (unpaired) electrons. The Morgan fingerprint density at radius 3 is 3.05 bits per heavy atom. The van der Waals surface area contributed by atoms with Crippen LogP contribution in [0.15, 0.2) is 18.5 Å². The highest BCUT2D eigenvalue weighted by Gasteiger charge is 2.36. The number of likely N-dealkylation sites (tertiary alicyclic amines) is 1. The molecule has 1 aromatic rings. The Morgan fingerprint density at radius 1 is 1.47 bits per heavy atom. The van der Waals surface area contributed by atoms with E-state index in [0.29, 0.717) is 23.4 Å². The molecule has 3 N–H and O–H groups in total. The lowest BCUT2D eigenvalue weighted by Crippen LogP contribution is -2.30. The maximum atomic E-state index is 12.0. The molecular formula is C14H20N4O. The van der Waals surface area contributed by atoms with Gasteiger partial charge in [0.25, 0.3) is 0 Å². The first kappa shape index (κ1) is 12.3. The van der Waals surface area contributed by atoms with E-state index in [4.69, 9.17) is 5.73 Å². The van der Waals surface area contributed by atoms with Gasteiger partial charge in [-0.15, -0.1) is 0 Å². The molecule has 0 spiro atoms. The summed E-state index contributed by atoms with van der Waals surface area (Å²) in [5, 5.41) is 3.36. The van der Waals surface area contributed by atoms with E-state index in [0.717, 1.165) is 44.6 Å². The van der Waals surface area contributed by atoms with Crippen LogP contribution in [0.3, 0.4) is 0 Å². The second-order valence-electron chi connectivity index (χ2n) is 5.56. The molecule has 1 atom stereocenters. The van der Waals surface area contributed by atoms with Gasteiger partial charge in [0.15, 0.2) is 0 Å². The van der Waals surface area contributed by atoms with Crippen molar-refractivity contribution in [2.24, 2.45) is 11.8 Å². The number of nitrogens with one attached hydrogen (secondary N) is 1. The normalized spacial score (nSPS) is 22.5. The van der Waals surface area contributed by atoms with Crippen LogP contribution in [0.5, 0.6) is 0 Å². The molecule has 5 heteroatoms. The van der Waals surface area contributed by atoms with Crippen molar-refractivity contribution in [2.75, 3.05) is 30.7 Å². The van der Waals surface area contributed by atoms with Crippen LogP contribution in [0.2, 0.25) is 0 Å². The number of pyridine rings is 1. The topological polar surface area (TPSA) is 71.2 Å². The fraction of sp³-hybridized carbons (Fsp3) is 0.571. The molecule has 2 fully saturated rings. The molecule has 3 rings (SSSR count). The minimum absolute atomic E-state index is 0.336. The molecule has 1 aliphatic heterocycles. The van der Waals surface area contributed by atoms with Crippen LogP contribution in [-0.2, 0) is 4.79 Å². The van der Waals surface area contributed by atoms with Crippen molar-refractivity contribution in [1.29, 1.82) is 0 Å². The van der Waals surface area contributed by atoms with Crippen molar-refractivity contribution in [3.63, 3.8) is 0 Å². The summed E-state index contributed by atoms with van der Waals surface area (Å²) in [7, 11) is 0. The van der Waals surface area contributed by atoms with Crippen LogP contribution in [0.4, 0.5) is 11.4 Å². The number of hydrogen-bond donors (Lipinski definition) is 2. The maximum Gasteiger partial charge on any atom is 0.225 e. The van der Waals surface area contributed by atoms with Crippen molar-refractivity contribution >= 4 is 17.3 Å². The van der Waals surface area contributed by atoms with Gasteiger partial charge in [0.2, 0.25) is 5.91 Å². The molecule has 0 aromatic carbocycles. The lowest BCUT2D eigenvalue weighted by Gasteiger charge is -2.17. The third-order valence-electron chi connectivity index (χ3n) is 3.96. The Labute approximate surface area is 113 Å². The summed E-state index contributed by atoms with van der Waals surface area (Å²) in [4.78, 5) is 18.0. The number of carbonyl (C=O) groups excluding carboxylic acids is 1. The quantitative estimate of drug-likeness (QED) is 0.857. The van der Waals surface area contributed by atoms with Crippen LogP contribution in [0.1, 0.15) is 19.3 Å². The predicted molar refractivity (Wildman–Crippen MR) is 74.6 cm³/mol. The Kier molecular flexibility index (Phi) is 3.27. The minimum atomic E-state index is 0.336. The van der Waals surface area contributed by atoms with Gasteiger partial charge in [-0.3, -0.25) is 9.78 Å². The van der Waals surface area contributed by atoms with Crippen molar-refractivity contribution in [2.45, 2.75) is 19.3 Å². The number of nitrogens with two attached hydrogens (primary N) is 1. The largest absolute Gasteiger partial charge is 0.396 e. The number of anilines is 2. The van der Waals surface area contributed by atoms with E-state index in [9.17, 15) is 4.79 Å². The molecule has 19 heavy (non-hydrogen) atoms. The number of carbonyl (C=O) groups is 1. The van der Waals surface area contributed by atoms with Gasteiger partial charge in [0.1, 0.15) is 0 Å². The monoisotopic (exact) mass is 260 g/mol. The lowest BCUT2D eigenvalue weighted by atomic mass is 10.1. The first-order chi connectivity index (χ1) is 9.24. The van der Waals surface area contributed by atoms with E-state index >= 15 is 0 Å². The number of aromatic nitrogens is 1. The Bertz CT molecular complexity index is 472. The van der Waals surface area contributed by atoms with Gasteiger partial charge in [-0.05, 0) is 31.2 Å². The first-order valence-electron chi connectivity index (χ1n) is 6.96. The van der Waals surface area contributed by atoms with Crippen molar-refractivity contribution in [3.05, 3.63) is 18.5 Å². The van der Waals surface area contributed by atoms with Crippen molar-refractivity contribution in [3.8, 4) is 0 Å². The Morgan fingerprint density at radius 2 is 2.32 bits per heavy atom. The molecule has 5 nitrogen and oxygen atoms in total. The second kappa shape index (κ2) is 5.07. The maximum absolute atomic E-state index is 12.0. The second-order valence-corrected chi connectivity index (χ2v) is 5.56. The highest BCUT2D eigenvalue weighted by molar-refractivity contribution is 5.81. The standard InChI is InChI=1S/C14H20N4O/c15-12-8-16-5-3-13(12)17-7-10-4-6-18(9-10)14(19)11-1-2-11/h3,5,8,10-11H,1-2,4,6-7,9,15H2,(H,16,17)/t10-/m1/s1. The van der Waals surface area contributed by atoms with Crippen LogP contribution >= 0.6 is 0 Å². The molecule has 1 saturated heterocycles. The van der Waals surface area contributed by atoms with Crippen molar-refractivity contribution in [1.82, 2.24) is 9.88 Å². The van der Waals surface area contributed by atoms with Crippen LogP contribution in [0.25, 0.3) is 0 Å². The molecule has 2 heterocycles. The lowest BCUT2D eigenvalue weighted by molar-refractivity contribution is -0.131. The predicted octanol–water partition coefficient (Wildman–Crippen LogP) is 1.33. The van der Waals surface area contributed by atoms with E-state index in [2.05, 4.69) is 10.3 Å². The van der Waals surface area contributed by atoms with E-state index in [-0.39, 0.29) is 0 Å². The zero-order valence-corrected chi connectivity index (χ0v) is 11.0. The minimum Gasteiger partial charge on any atom is -0.396 e. The Hall–Kier alpha value is -1.78. The third kappa shape index (κ3) is 2.80. The number of amides is 1. The summed E-state index contributed by atoms with van der Waals surface area (Å²) in [6.07, 6.45) is 6.64. The average molecular weight is 260 g/mol. The van der Waals surface area contributed by atoms with Gasteiger partial charge in [-0.1, -0.05) is 0 Å². The SMILES string of the molecule is Nc1cnccc1NC[C@H]1CCN(C(=O)C2CC2)C1. The van der Waals surface area contributed by atoms with Crippen LogP contribution < -0.4 is 11.1 Å². The average Bonchev–Trinajstić information content (AvgIpc) is 3.16. The molecule has 1 aromatic heterocycles. The molecule has 102 valence electrons.